The summed E-state index contributed by atoms with van der Waals surface area (Å²) < 4.78 is 3.98. The molecular formula is C27H38N2O5S. The summed E-state index contributed by atoms with van der Waals surface area (Å²) in [5, 5.41) is 10.5. The van der Waals surface area contributed by atoms with E-state index >= 15 is 0 Å². The molecule has 35 heavy (non-hydrogen) atoms. The molecule has 7 nitrogen and oxygen atoms in total. The van der Waals surface area contributed by atoms with Crippen LogP contribution in [0.4, 0.5) is 0 Å². The number of fused-ring (bicyclic) bond motifs is 2. The van der Waals surface area contributed by atoms with E-state index in [-0.39, 0.29) is 43.0 Å². The molecule has 7 atom stereocenters. The van der Waals surface area contributed by atoms with E-state index in [1.54, 1.807) is 16.7 Å². The number of carbonyl (C=O) groups excluding carboxylic acids is 3. The van der Waals surface area contributed by atoms with Crippen LogP contribution in [0.1, 0.15) is 59.3 Å². The second kappa shape index (κ2) is 9.25. The Morgan fingerprint density at radius 1 is 1.11 bits per heavy atom. The molecule has 0 aromatic rings. The molecule has 5 aliphatic rings. The Hall–Kier alpha value is -1.80. The molecule has 192 valence electrons. The van der Waals surface area contributed by atoms with Gasteiger partial charge in [0.1, 0.15) is 12.6 Å². The van der Waals surface area contributed by atoms with E-state index < -0.39 is 33.4 Å². The third kappa shape index (κ3) is 3.69. The smallest absolute Gasteiger partial charge is 0.311 e. The van der Waals surface area contributed by atoms with Crippen molar-refractivity contribution < 1.29 is 24.2 Å². The van der Waals surface area contributed by atoms with Crippen molar-refractivity contribution in [3.05, 3.63) is 24.3 Å². The van der Waals surface area contributed by atoms with E-state index in [2.05, 4.69) is 6.08 Å². The fourth-order valence-corrected chi connectivity index (χ4v) is 9.34. The molecule has 2 saturated heterocycles. The van der Waals surface area contributed by atoms with Crippen molar-refractivity contribution >= 4 is 29.5 Å². The van der Waals surface area contributed by atoms with E-state index in [1.165, 1.54) is 6.42 Å². The van der Waals surface area contributed by atoms with Crippen molar-refractivity contribution in [1.29, 1.82) is 0 Å². The summed E-state index contributed by atoms with van der Waals surface area (Å²) in [5.41, 5.74) is 0. The molecule has 2 amide bonds. The minimum atomic E-state index is -0.876. The first-order chi connectivity index (χ1) is 16.8. The molecule has 0 aromatic heterocycles. The number of cyclic esters (lactones) is 1. The summed E-state index contributed by atoms with van der Waals surface area (Å²) in [5.74, 6) is -1.99. The molecule has 1 saturated carbocycles. The molecule has 8 heteroatoms. The van der Waals surface area contributed by atoms with Gasteiger partial charge >= 0.3 is 5.97 Å². The third-order valence-electron chi connectivity index (χ3n) is 9.14. The Balaban J connectivity index is 1.65. The molecule has 0 radical (unpaired) electrons. The largest absolute Gasteiger partial charge is 0.461 e. The Morgan fingerprint density at radius 2 is 1.86 bits per heavy atom. The number of aliphatic hydroxyl groups excluding tert-OH is 1. The standard InChI is InChI=1S/C27H38N2O5S/c1-4-17(2)19(16-30)29-22-24(32)28(18-10-6-5-7-11-18)14-8-13-27(22)20(23(29)31)21-25(33)34-15-9-12-26(21,3)35-27/h8-9,12-13,17-22,30H,4-7,10-11,14-16H2,1-3H3/t17-,19-,20-,21-,22?,26+,27-/m0/s1. The molecule has 5 rings (SSSR count). The van der Waals surface area contributed by atoms with Gasteiger partial charge in [0, 0.05) is 17.3 Å². The van der Waals surface area contributed by atoms with Crippen LogP contribution in [0, 0.1) is 17.8 Å². The zero-order valence-electron chi connectivity index (χ0n) is 21.0. The van der Waals surface area contributed by atoms with Gasteiger partial charge in [0.15, 0.2) is 0 Å². The number of carbonyl (C=O) groups is 3. The van der Waals surface area contributed by atoms with Crippen LogP contribution in [0.3, 0.4) is 0 Å². The number of thioether (sulfide) groups is 1. The second-order valence-corrected chi connectivity index (χ2v) is 12.9. The van der Waals surface area contributed by atoms with Crippen LogP contribution in [-0.2, 0) is 19.1 Å². The summed E-state index contributed by atoms with van der Waals surface area (Å²) >= 11 is 1.57. The number of ether oxygens (including phenoxy) is 1. The number of nitrogens with zero attached hydrogens (tertiary/aromatic N) is 2. The molecular weight excluding hydrogens is 464 g/mol. The average molecular weight is 503 g/mol. The predicted octanol–water partition coefficient (Wildman–Crippen LogP) is 2.93. The summed E-state index contributed by atoms with van der Waals surface area (Å²) in [6.07, 6.45) is 14.1. The lowest BCUT2D eigenvalue weighted by Gasteiger charge is -2.43. The third-order valence-corrected chi connectivity index (χ3v) is 10.9. The minimum absolute atomic E-state index is 0.0142. The highest BCUT2D eigenvalue weighted by Gasteiger charge is 2.74. The van der Waals surface area contributed by atoms with Crippen molar-refractivity contribution in [3.63, 3.8) is 0 Å². The van der Waals surface area contributed by atoms with Gasteiger partial charge in [-0.05, 0) is 31.8 Å². The van der Waals surface area contributed by atoms with Crippen LogP contribution < -0.4 is 0 Å². The summed E-state index contributed by atoms with van der Waals surface area (Å²) in [4.78, 5) is 45.7. The van der Waals surface area contributed by atoms with Crippen molar-refractivity contribution in [1.82, 2.24) is 9.80 Å². The van der Waals surface area contributed by atoms with E-state index in [0.717, 1.165) is 32.1 Å². The van der Waals surface area contributed by atoms with Gasteiger partial charge in [-0.2, -0.15) is 0 Å². The maximum atomic E-state index is 14.5. The van der Waals surface area contributed by atoms with E-state index in [1.807, 2.05) is 43.9 Å². The molecule has 1 aliphatic carbocycles. The molecule has 1 spiro atoms. The van der Waals surface area contributed by atoms with Crippen molar-refractivity contribution in [2.45, 2.75) is 86.9 Å². The summed E-state index contributed by atoms with van der Waals surface area (Å²) in [6.45, 7) is 6.55. The van der Waals surface area contributed by atoms with E-state index in [4.69, 9.17) is 4.74 Å². The Kier molecular flexibility index (Phi) is 6.58. The van der Waals surface area contributed by atoms with Gasteiger partial charge in [-0.3, -0.25) is 14.4 Å². The summed E-state index contributed by atoms with van der Waals surface area (Å²) in [7, 11) is 0. The zero-order chi connectivity index (χ0) is 25.0. The number of hydrogen-bond donors (Lipinski definition) is 1. The first-order valence-electron chi connectivity index (χ1n) is 13.2. The maximum absolute atomic E-state index is 14.5. The highest BCUT2D eigenvalue weighted by molar-refractivity contribution is 8.02. The Morgan fingerprint density at radius 3 is 2.54 bits per heavy atom. The van der Waals surface area contributed by atoms with Gasteiger partial charge in [-0.25, -0.2) is 0 Å². The molecule has 1 N–H and O–H groups in total. The number of amides is 2. The number of hydrogen-bond acceptors (Lipinski definition) is 6. The van der Waals surface area contributed by atoms with Crippen molar-refractivity contribution in [2.75, 3.05) is 19.8 Å². The molecule has 1 unspecified atom stereocenters. The SMILES string of the molecule is CC[C@H](C)[C@H](CO)N1C(=O)[C@@H]2[C@H]3C(=O)OCC=C[C@@]3(C)S[C@@]23C=CCN(C2CCCCC2)C(=O)C13. The van der Waals surface area contributed by atoms with Gasteiger partial charge in [0.2, 0.25) is 11.8 Å². The molecule has 4 heterocycles. The minimum Gasteiger partial charge on any atom is -0.461 e. The molecule has 0 bridgehead atoms. The van der Waals surface area contributed by atoms with Crippen molar-refractivity contribution in [3.8, 4) is 0 Å². The lowest BCUT2D eigenvalue weighted by Crippen LogP contribution is -2.59. The number of rotatable bonds is 5. The maximum Gasteiger partial charge on any atom is 0.311 e. The van der Waals surface area contributed by atoms with Crippen LogP contribution in [0.15, 0.2) is 24.3 Å². The van der Waals surface area contributed by atoms with Crippen LogP contribution in [-0.4, -0.2) is 80.1 Å². The monoisotopic (exact) mass is 502 g/mol. The fraction of sp³-hybridized carbons (Fsp3) is 0.741. The zero-order valence-corrected chi connectivity index (χ0v) is 21.8. The Bertz CT molecular complexity index is 946. The number of aliphatic hydroxyl groups is 1. The average Bonchev–Trinajstić information content (AvgIpc) is 3.11. The lowest BCUT2D eigenvalue weighted by atomic mass is 9.75. The predicted molar refractivity (Wildman–Crippen MR) is 134 cm³/mol. The van der Waals surface area contributed by atoms with Gasteiger partial charge in [-0.15, -0.1) is 11.8 Å². The quantitative estimate of drug-likeness (QED) is 0.460. The van der Waals surface area contributed by atoms with Crippen LogP contribution in [0.5, 0.6) is 0 Å². The van der Waals surface area contributed by atoms with Gasteiger partial charge in [-0.1, -0.05) is 57.8 Å². The number of likely N-dealkylation sites (tertiary alicyclic amines) is 1. The molecule has 3 fully saturated rings. The van der Waals surface area contributed by atoms with Gasteiger partial charge in [0.25, 0.3) is 0 Å². The lowest BCUT2D eigenvalue weighted by molar-refractivity contribution is -0.153. The highest BCUT2D eigenvalue weighted by Crippen LogP contribution is 2.66. The first-order valence-corrected chi connectivity index (χ1v) is 14.1. The topological polar surface area (TPSA) is 87.2 Å². The van der Waals surface area contributed by atoms with E-state index in [9.17, 15) is 19.5 Å². The normalized spacial score (nSPS) is 39.0. The van der Waals surface area contributed by atoms with Gasteiger partial charge < -0.3 is 19.6 Å². The highest BCUT2D eigenvalue weighted by atomic mass is 32.2. The van der Waals surface area contributed by atoms with Crippen LogP contribution in [0.25, 0.3) is 0 Å². The summed E-state index contributed by atoms with van der Waals surface area (Å²) in [6, 6.07) is -1.06. The van der Waals surface area contributed by atoms with Crippen LogP contribution >= 0.6 is 11.8 Å². The molecule has 4 aliphatic heterocycles. The van der Waals surface area contributed by atoms with E-state index in [0.29, 0.717) is 6.54 Å². The first kappa shape index (κ1) is 24.9. The van der Waals surface area contributed by atoms with Crippen LogP contribution in [0.2, 0.25) is 0 Å². The fourth-order valence-electron chi connectivity index (χ4n) is 7.20. The van der Waals surface area contributed by atoms with Gasteiger partial charge in [0.05, 0.1) is 29.2 Å². The molecule has 0 aromatic carbocycles. The number of esters is 1. The second-order valence-electron chi connectivity index (χ2n) is 11.1. The Labute approximate surface area is 212 Å². The van der Waals surface area contributed by atoms with Crippen molar-refractivity contribution in [2.24, 2.45) is 17.8 Å².